The van der Waals surface area contributed by atoms with Crippen LogP contribution in [0.3, 0.4) is 0 Å². The second-order valence-electron chi connectivity index (χ2n) is 6.25. The van der Waals surface area contributed by atoms with E-state index in [-0.39, 0.29) is 0 Å². The molecule has 2 aliphatic carbocycles. The van der Waals surface area contributed by atoms with Gasteiger partial charge in [0.25, 0.3) is 0 Å². The van der Waals surface area contributed by atoms with Gasteiger partial charge in [-0.25, -0.2) is 0 Å². The fourth-order valence-electron chi connectivity index (χ4n) is 2.81. The Morgan fingerprint density at radius 3 is 0.409 bits per heavy atom. The van der Waals surface area contributed by atoms with E-state index in [0.29, 0.717) is 0 Å². The van der Waals surface area contributed by atoms with Crippen molar-refractivity contribution in [3.63, 3.8) is 0 Å². The van der Waals surface area contributed by atoms with Crippen LogP contribution < -0.4 is 0 Å². The van der Waals surface area contributed by atoms with E-state index in [2.05, 4.69) is 69.2 Å². The Labute approximate surface area is 155 Å². The molecule has 22 heavy (non-hydrogen) atoms. The molecule has 2 fully saturated rings. The van der Waals surface area contributed by atoms with Crippen molar-refractivity contribution in [2.24, 2.45) is 0 Å². The van der Waals surface area contributed by atoms with Gasteiger partial charge in [0.2, 0.25) is 0 Å². The van der Waals surface area contributed by atoms with E-state index in [1.165, 1.54) is 59.2 Å². The zero-order valence-electron chi connectivity index (χ0n) is 16.0. The monoisotopic (exact) mass is 374 g/mol. The fraction of sp³-hybridized carbons (Fsp3) is 0.500. The van der Waals surface area contributed by atoms with Gasteiger partial charge in [0.05, 0.1) is 0 Å². The minimum absolute atomic E-state index is 1.16. The van der Waals surface area contributed by atoms with Gasteiger partial charge in [-0.2, -0.15) is 0 Å². The van der Waals surface area contributed by atoms with E-state index in [4.69, 9.17) is 9.64 Å². The first-order valence-electron chi connectivity index (χ1n) is 7.72. The molecule has 12 radical (unpaired) electrons. The van der Waals surface area contributed by atoms with Crippen LogP contribution in [0, 0.1) is 59.2 Å². The predicted octanol–water partition coefficient (Wildman–Crippen LogP) is 6.25. The van der Waals surface area contributed by atoms with Crippen LogP contribution in [0.2, 0.25) is 0 Å². The second kappa shape index (κ2) is 10.0. The van der Waals surface area contributed by atoms with Gasteiger partial charge in [0.15, 0.2) is 0 Å². The van der Waals surface area contributed by atoms with Crippen LogP contribution >= 0.6 is 9.64 Å². The zero-order chi connectivity index (χ0) is 17.8. The molecule has 2 aliphatic rings. The van der Waals surface area contributed by atoms with Crippen molar-refractivity contribution in [2.75, 3.05) is 0 Å². The molecule has 0 aromatic rings. The maximum atomic E-state index is 4.70. The number of rotatable bonds is 0. The Balaban J connectivity index is 0.000000360. The van der Waals surface area contributed by atoms with Crippen molar-refractivity contribution in [3.05, 3.63) is 59.2 Å². The first-order valence-corrected chi connectivity index (χ1v) is 10.9. The van der Waals surface area contributed by atoms with Crippen LogP contribution in [0.4, 0.5) is 0 Å². The molecule has 0 aliphatic heterocycles. The summed E-state index contributed by atoms with van der Waals surface area (Å²) in [4.78, 5) is 0. The summed E-state index contributed by atoms with van der Waals surface area (Å²) in [6.45, 7) is 22.0. The molecule has 0 N–H and O–H groups in total. The Kier molecular flexibility index (Phi) is 10.5. The van der Waals surface area contributed by atoms with Gasteiger partial charge in [-0.15, -0.1) is 0 Å². The van der Waals surface area contributed by atoms with E-state index in [0.717, 1.165) is 17.6 Å². The summed E-state index contributed by atoms with van der Waals surface area (Å²) in [6, 6.07) is 0. The van der Waals surface area contributed by atoms with Crippen molar-refractivity contribution in [1.82, 2.24) is 0 Å². The van der Waals surface area contributed by atoms with Gasteiger partial charge in [-0.3, -0.25) is 0 Å². The van der Waals surface area contributed by atoms with Gasteiger partial charge >= 0.3 is 27.2 Å². The van der Waals surface area contributed by atoms with Crippen molar-refractivity contribution in [2.45, 2.75) is 69.2 Å². The Hall–Kier alpha value is 0.926. The van der Waals surface area contributed by atoms with Crippen LogP contribution in [0.1, 0.15) is 69.2 Å². The van der Waals surface area contributed by atoms with E-state index in [1.54, 1.807) is 0 Å². The summed E-state index contributed by atoms with van der Waals surface area (Å²) in [5, 5.41) is 0. The zero-order valence-corrected chi connectivity index (χ0v) is 19.1. The van der Waals surface area contributed by atoms with Gasteiger partial charge in [-0.1, -0.05) is 69.2 Å². The molecular formula is C20H30ClGa. The average Bonchev–Trinajstić information content (AvgIpc) is 2.81. The molecule has 0 saturated heterocycles. The van der Waals surface area contributed by atoms with Crippen molar-refractivity contribution in [1.29, 1.82) is 0 Å². The van der Waals surface area contributed by atoms with Gasteiger partial charge in [0.1, 0.15) is 0 Å². The number of hydrogen-bond donors (Lipinski definition) is 0. The predicted molar refractivity (Wildman–Crippen MR) is 101 cm³/mol. The molecule has 0 heterocycles. The number of hydrogen-bond acceptors (Lipinski definition) is 0. The SMILES string of the molecule is C[C]1[C](C)[C](C)[C](C)[C]1C.C[C]1[C](C)[C](C)[C](C)[C]1C.[Cl][Ga]. The molecule has 2 heteroatoms. The van der Waals surface area contributed by atoms with Crippen molar-refractivity contribution in [3.8, 4) is 0 Å². The van der Waals surface area contributed by atoms with Crippen LogP contribution in [-0.4, -0.2) is 17.6 Å². The van der Waals surface area contributed by atoms with Gasteiger partial charge < -0.3 is 0 Å². The quantitative estimate of drug-likeness (QED) is 0.439. The summed E-state index contributed by atoms with van der Waals surface area (Å²) in [5.41, 5.74) is 0. The molecule has 120 valence electrons. The molecule has 0 amide bonds. The van der Waals surface area contributed by atoms with Crippen molar-refractivity contribution >= 4 is 27.2 Å². The van der Waals surface area contributed by atoms with Crippen LogP contribution in [0.15, 0.2) is 0 Å². The van der Waals surface area contributed by atoms with Crippen molar-refractivity contribution < 1.29 is 0 Å². The molecular weight excluding hydrogens is 345 g/mol. The average molecular weight is 376 g/mol. The Morgan fingerprint density at radius 2 is 0.364 bits per heavy atom. The third kappa shape index (κ3) is 4.96. The standard InChI is InChI=1S/2C10H15.ClH.Ga/c2*1-6-7(2)9(4)10(5)8(6)3;;/h2*1-5H3;1H;/q;;;+1/p-1. The first kappa shape index (κ1) is 22.9. The third-order valence-corrected chi connectivity index (χ3v) is 5.62. The van der Waals surface area contributed by atoms with Crippen LogP contribution in [0.5, 0.6) is 0 Å². The summed E-state index contributed by atoms with van der Waals surface area (Å²) in [7, 11) is 4.70. The minimum atomic E-state index is 1.16. The van der Waals surface area contributed by atoms with E-state index >= 15 is 0 Å². The Bertz CT molecular complexity index is 186. The molecule has 0 aromatic carbocycles. The first-order chi connectivity index (χ1) is 10.1. The van der Waals surface area contributed by atoms with E-state index in [1.807, 2.05) is 0 Å². The molecule has 0 atom stereocenters. The number of halogens is 1. The molecule has 0 spiro atoms. The normalized spacial score (nSPS) is 26.1. The van der Waals surface area contributed by atoms with E-state index < -0.39 is 0 Å². The van der Waals surface area contributed by atoms with Gasteiger partial charge in [-0.05, 0) is 59.2 Å². The van der Waals surface area contributed by atoms with Gasteiger partial charge in [0, 0.05) is 0 Å². The molecule has 0 bridgehead atoms. The Morgan fingerprint density at radius 1 is 0.318 bits per heavy atom. The summed E-state index contributed by atoms with van der Waals surface area (Å²) in [5.74, 6) is 14.7. The second-order valence-corrected chi connectivity index (χ2v) is 6.25. The van der Waals surface area contributed by atoms with E-state index in [9.17, 15) is 0 Å². The summed E-state index contributed by atoms with van der Waals surface area (Å²) < 4.78 is 0. The molecule has 0 nitrogen and oxygen atoms in total. The summed E-state index contributed by atoms with van der Waals surface area (Å²) in [6.07, 6.45) is 0. The van der Waals surface area contributed by atoms with Crippen LogP contribution in [-0.2, 0) is 0 Å². The molecule has 0 unspecified atom stereocenters. The fourth-order valence-corrected chi connectivity index (χ4v) is 2.81. The molecule has 2 rings (SSSR count). The van der Waals surface area contributed by atoms with Crippen LogP contribution in [0.25, 0.3) is 0 Å². The summed E-state index contributed by atoms with van der Waals surface area (Å²) >= 11 is 1.16. The topological polar surface area (TPSA) is 0 Å². The molecule has 2 saturated carbocycles. The third-order valence-electron chi connectivity index (χ3n) is 5.62. The maximum absolute atomic E-state index is 4.70. The molecule has 0 aromatic heterocycles.